The summed E-state index contributed by atoms with van der Waals surface area (Å²) in [4.78, 5) is 177. The van der Waals surface area contributed by atoms with Gasteiger partial charge in [-0.3, -0.25) is 62.3 Å². The maximum absolute atomic E-state index is 14.3. The zero-order chi connectivity index (χ0) is 73.5. The lowest BCUT2D eigenvalue weighted by molar-refractivity contribution is -0.141. The van der Waals surface area contributed by atoms with Gasteiger partial charge in [0, 0.05) is 0 Å². The number of hydrogen-bond donors (Lipinski definition) is 18. The fraction of sp³-hybridized carbons (Fsp3) is 0.712. The molecule has 31 nitrogen and oxygen atoms in total. The van der Waals surface area contributed by atoms with E-state index in [9.17, 15) is 67.4 Å². The van der Waals surface area contributed by atoms with Gasteiger partial charge in [0.1, 0.15) is 72.5 Å². The zero-order valence-corrected chi connectivity index (χ0v) is 58.9. The predicted octanol–water partition coefficient (Wildman–Crippen LogP) is -1.79. The van der Waals surface area contributed by atoms with Crippen LogP contribution < -0.4 is 92.5 Å². The molecule has 13 atom stereocenters. The SMILES string of the molecule is CC(C)C[C@H](NC(=O)[C@H](CCCCN)NC(=O)[C@H](C)NC(=O)[C@H](CC(C)C)NC(=O)[C@H](CC(C)C)NC(=O)[C@H](CCCCN)NC(=O)[C@H](C)NC(=O)[C@@H](N)Cc1ccccc1)C(=O)N[C@@H](C)C(=O)N[C@@H](CCCCN)C(=O)N[C@@H](CCCCN)C(=O)N[C@@H](C)C(=O)N[C@@H](C)C(=O)O. The summed E-state index contributed by atoms with van der Waals surface area (Å²) in [6.07, 6.45) is 4.35. The average Bonchev–Trinajstić information content (AvgIpc) is 0.921. The molecule has 0 aliphatic heterocycles. The second-order valence-corrected chi connectivity index (χ2v) is 26.2. The van der Waals surface area contributed by atoms with Crippen molar-refractivity contribution >= 4 is 76.9 Å². The molecule has 0 saturated carbocycles. The van der Waals surface area contributed by atoms with Crippen LogP contribution in [0.3, 0.4) is 0 Å². The number of carbonyl (C=O) groups excluding carboxylic acids is 12. The number of nitrogens with one attached hydrogen (secondary N) is 12. The third-order valence-electron chi connectivity index (χ3n) is 15.7. The third-order valence-corrected chi connectivity index (χ3v) is 15.7. The minimum absolute atomic E-state index is 0.0554. The molecule has 0 fully saturated rings. The summed E-state index contributed by atoms with van der Waals surface area (Å²) in [6, 6.07) is -6.54. The fourth-order valence-electron chi connectivity index (χ4n) is 10.0. The van der Waals surface area contributed by atoms with Crippen LogP contribution in [0.15, 0.2) is 30.3 Å². The van der Waals surface area contributed by atoms with Crippen molar-refractivity contribution in [3.63, 3.8) is 0 Å². The largest absolute Gasteiger partial charge is 0.480 e. The minimum Gasteiger partial charge on any atom is -0.480 e. The quantitative estimate of drug-likeness (QED) is 0.0321. The Morgan fingerprint density at radius 2 is 0.536 bits per heavy atom. The Hall–Kier alpha value is -7.87. The van der Waals surface area contributed by atoms with E-state index in [0.29, 0.717) is 57.9 Å². The normalized spacial score (nSPS) is 15.3. The number of aliphatic carboxylic acids is 1. The number of rotatable bonds is 49. The average molecular weight is 1370 g/mol. The van der Waals surface area contributed by atoms with Gasteiger partial charge in [-0.2, -0.15) is 0 Å². The number of carboxylic acids is 1. The fourth-order valence-corrected chi connectivity index (χ4v) is 10.0. The summed E-state index contributed by atoms with van der Waals surface area (Å²) < 4.78 is 0. The smallest absolute Gasteiger partial charge is 0.325 e. The van der Waals surface area contributed by atoms with Gasteiger partial charge in [-0.15, -0.1) is 0 Å². The van der Waals surface area contributed by atoms with E-state index in [4.69, 9.17) is 28.7 Å². The van der Waals surface area contributed by atoms with Crippen LogP contribution in [-0.4, -0.2) is 187 Å². The monoisotopic (exact) mass is 1370 g/mol. The van der Waals surface area contributed by atoms with E-state index in [0.717, 1.165) is 5.56 Å². The van der Waals surface area contributed by atoms with E-state index in [1.807, 2.05) is 58.0 Å². The van der Waals surface area contributed by atoms with Crippen LogP contribution in [-0.2, 0) is 68.7 Å². The molecule has 0 unspecified atom stereocenters. The topological polar surface area (TPSA) is 517 Å². The highest BCUT2D eigenvalue weighted by Crippen LogP contribution is 2.14. The van der Waals surface area contributed by atoms with Crippen molar-refractivity contribution in [1.29, 1.82) is 0 Å². The summed E-state index contributed by atoms with van der Waals surface area (Å²) in [5.74, 6) is -10.6. The van der Waals surface area contributed by atoms with Crippen LogP contribution in [0.25, 0.3) is 0 Å². The van der Waals surface area contributed by atoms with Crippen LogP contribution in [0.2, 0.25) is 0 Å². The Morgan fingerprint density at radius 1 is 0.309 bits per heavy atom. The van der Waals surface area contributed by atoms with Gasteiger partial charge in [0.25, 0.3) is 0 Å². The van der Waals surface area contributed by atoms with E-state index in [-0.39, 0.29) is 88.8 Å². The van der Waals surface area contributed by atoms with Gasteiger partial charge in [-0.25, -0.2) is 0 Å². The van der Waals surface area contributed by atoms with E-state index >= 15 is 0 Å². The first-order valence-corrected chi connectivity index (χ1v) is 34.2. The highest BCUT2D eigenvalue weighted by atomic mass is 16.4. The molecule has 12 amide bonds. The second-order valence-electron chi connectivity index (χ2n) is 26.2. The van der Waals surface area contributed by atoms with Gasteiger partial charge < -0.3 is 97.6 Å². The Labute approximate surface area is 572 Å². The van der Waals surface area contributed by atoms with E-state index in [1.54, 1.807) is 13.8 Å². The van der Waals surface area contributed by atoms with Crippen LogP contribution in [0, 0.1) is 17.8 Å². The molecule has 1 rings (SSSR count). The summed E-state index contributed by atoms with van der Waals surface area (Å²) in [5, 5.41) is 40.8. The number of benzene rings is 1. The van der Waals surface area contributed by atoms with Crippen molar-refractivity contribution in [2.24, 2.45) is 46.4 Å². The van der Waals surface area contributed by atoms with Gasteiger partial charge >= 0.3 is 5.97 Å². The maximum Gasteiger partial charge on any atom is 0.325 e. The van der Waals surface area contributed by atoms with E-state index in [2.05, 4.69) is 63.8 Å². The molecule has 0 radical (unpaired) electrons. The number of hydrogen-bond acceptors (Lipinski definition) is 18. The summed E-state index contributed by atoms with van der Waals surface area (Å²) in [7, 11) is 0. The number of amides is 12. The molecule has 31 heteroatoms. The second kappa shape index (κ2) is 47.1. The number of nitrogens with two attached hydrogens (primary N) is 5. The molecule has 0 aliphatic carbocycles. The Kier molecular flexibility index (Phi) is 42.4. The standard InChI is InChI=1S/C66H117N17O14/c1-37(2)33-51(63(93)74-42(9)56(86)77-48(26-16-20-30-68)60(90)80-47(25-15-19-29-67)59(89)73-40(7)54(84)76-44(11)66(96)97)81-61(91)49(27-17-21-31-69)79-57(87)43(10)75-64(94)52(34-38(3)4)83-65(95)53(35-39(5)6)82-62(92)50(28-18-22-32-70)78-55(85)41(8)72-58(88)46(71)36-45-23-13-12-14-24-45/h12-14,23-24,37-44,46-53H,15-22,25-36,67-71H2,1-11H3,(H,72,88)(H,73,89)(H,74,93)(H,75,94)(H,76,84)(H,77,86)(H,78,85)(H,79,87)(H,80,90)(H,81,91)(H,82,92)(H,83,95)(H,96,97)/t40-,41-,42-,43-,44-,46-,47-,48-,49-,50-,51-,52-,53-/m0/s1. The van der Waals surface area contributed by atoms with Crippen molar-refractivity contribution < 1.29 is 67.4 Å². The van der Waals surface area contributed by atoms with Gasteiger partial charge in [0.05, 0.1) is 6.04 Å². The van der Waals surface area contributed by atoms with Crippen molar-refractivity contribution in [3.8, 4) is 0 Å². The molecule has 0 spiro atoms. The zero-order valence-electron chi connectivity index (χ0n) is 58.9. The predicted molar refractivity (Wildman–Crippen MR) is 367 cm³/mol. The van der Waals surface area contributed by atoms with E-state index < -0.39 is 155 Å². The molecule has 0 aliphatic rings. The van der Waals surface area contributed by atoms with Crippen molar-refractivity contribution in [2.45, 2.75) is 257 Å². The van der Waals surface area contributed by atoms with Gasteiger partial charge in [0.15, 0.2) is 0 Å². The maximum atomic E-state index is 14.3. The summed E-state index contributed by atoms with van der Waals surface area (Å²) in [5.41, 5.74) is 30.0. The first-order valence-electron chi connectivity index (χ1n) is 34.2. The molecule has 0 heterocycles. The van der Waals surface area contributed by atoms with Crippen molar-refractivity contribution in [1.82, 2.24) is 63.8 Å². The molecule has 550 valence electrons. The number of carboxylic acid groups (broad SMARTS) is 1. The van der Waals surface area contributed by atoms with Gasteiger partial charge in [-0.05, 0) is 187 Å². The van der Waals surface area contributed by atoms with Gasteiger partial charge in [-0.1, -0.05) is 71.9 Å². The highest BCUT2D eigenvalue weighted by molar-refractivity contribution is 5.99. The summed E-state index contributed by atoms with van der Waals surface area (Å²) in [6.45, 7) is 18.8. The van der Waals surface area contributed by atoms with E-state index in [1.165, 1.54) is 34.6 Å². The first kappa shape index (κ1) is 87.1. The Balaban J connectivity index is 3.34. The molecule has 97 heavy (non-hydrogen) atoms. The molecular weight excluding hydrogens is 1250 g/mol. The van der Waals surface area contributed by atoms with Gasteiger partial charge in [0.2, 0.25) is 70.9 Å². The molecule has 0 bridgehead atoms. The molecule has 0 aromatic heterocycles. The molecule has 23 N–H and O–H groups in total. The van der Waals surface area contributed by atoms with Crippen LogP contribution in [0.4, 0.5) is 0 Å². The van der Waals surface area contributed by atoms with Crippen molar-refractivity contribution in [2.75, 3.05) is 26.2 Å². The van der Waals surface area contributed by atoms with Crippen molar-refractivity contribution in [3.05, 3.63) is 35.9 Å². The van der Waals surface area contributed by atoms with Crippen LogP contribution in [0.1, 0.15) is 178 Å². The van der Waals surface area contributed by atoms with Crippen LogP contribution >= 0.6 is 0 Å². The third kappa shape index (κ3) is 35.3. The molecule has 1 aromatic carbocycles. The molecule has 0 saturated heterocycles. The lowest BCUT2D eigenvalue weighted by Crippen LogP contribution is -2.60. The number of unbranched alkanes of at least 4 members (excludes halogenated alkanes) is 4. The lowest BCUT2D eigenvalue weighted by atomic mass is 9.99. The summed E-state index contributed by atoms with van der Waals surface area (Å²) >= 11 is 0. The molecular formula is C66H117N17O14. The first-order chi connectivity index (χ1) is 45.7. The molecule has 1 aromatic rings. The number of carbonyl (C=O) groups is 13. The Morgan fingerprint density at radius 3 is 0.814 bits per heavy atom. The lowest BCUT2D eigenvalue weighted by Gasteiger charge is -2.28. The minimum atomic E-state index is -1.30. The highest BCUT2D eigenvalue weighted by Gasteiger charge is 2.36. The van der Waals surface area contributed by atoms with Crippen LogP contribution in [0.5, 0.6) is 0 Å². The Bertz CT molecular complexity index is 2670.